The Balaban J connectivity index is 1.38. The van der Waals surface area contributed by atoms with Crippen LogP contribution in [0, 0.1) is 0 Å². The highest BCUT2D eigenvalue weighted by Crippen LogP contribution is 2.39. The number of nitrogens with zero attached hydrogens (tertiary/aromatic N) is 3. The molecule has 0 unspecified atom stereocenters. The Kier molecular flexibility index (Phi) is 5.72. The van der Waals surface area contributed by atoms with Gasteiger partial charge in [-0.1, -0.05) is 138 Å². The third kappa shape index (κ3) is 3.91. The first kappa shape index (κ1) is 29.9. The van der Waals surface area contributed by atoms with Crippen LogP contribution in [0.15, 0.2) is 126 Å². The first-order valence-corrected chi connectivity index (χ1v) is 18.4. The number of aromatic nitrogens is 3. The fourth-order valence-electron chi connectivity index (χ4n) is 9.01. The summed E-state index contributed by atoms with van der Waals surface area (Å²) in [6, 6.07) is 44.9. The lowest BCUT2D eigenvalue weighted by Gasteiger charge is -2.32. The van der Waals surface area contributed by atoms with Crippen molar-refractivity contribution in [1.82, 2.24) is 14.0 Å². The van der Waals surface area contributed by atoms with Crippen molar-refractivity contribution in [1.29, 1.82) is 0 Å². The zero-order chi connectivity index (χ0) is 35.3. The average Bonchev–Trinajstić information content (AvgIpc) is 3.72. The second-order valence-electron chi connectivity index (χ2n) is 16.9. The summed E-state index contributed by atoms with van der Waals surface area (Å²) in [5.41, 5.74) is 13.9. The lowest BCUT2D eigenvalue weighted by Crippen LogP contribution is -2.57. The second-order valence-corrected chi connectivity index (χ2v) is 16.9. The maximum atomic E-state index is 6.96. The Morgan fingerprint density at radius 3 is 2.12 bits per heavy atom. The van der Waals surface area contributed by atoms with Crippen molar-refractivity contribution in [2.75, 3.05) is 0 Å². The van der Waals surface area contributed by atoms with Gasteiger partial charge in [-0.05, 0) is 74.0 Å². The Bertz CT molecular complexity index is 3130. The maximum absolute atomic E-state index is 6.96. The highest BCUT2D eigenvalue weighted by atomic mass is 16.3. The average molecular weight is 672 g/mol. The number of para-hydroxylation sites is 1. The molecule has 0 spiro atoms. The monoisotopic (exact) mass is 671 g/mol. The first-order valence-electron chi connectivity index (χ1n) is 18.4. The molecule has 0 saturated carbocycles. The van der Waals surface area contributed by atoms with Crippen LogP contribution in [0.1, 0.15) is 52.7 Å². The third-order valence-electron chi connectivity index (χ3n) is 11.6. The normalized spacial score (nSPS) is 13.5. The fraction of sp³-hybridized carbons (Fsp3) is 0.170. The smallest absolute Gasteiger partial charge is 0.251 e. The SMILES string of the molecule is CC(C)(C)c1cc(B2c3c(ccc4c3oc3ccccc34)-n3c4c2ccc2cccc(c24)n2c4c(ccc5ccccc54)nc32)cc(C(C)(C)C)c1. The van der Waals surface area contributed by atoms with Gasteiger partial charge in [0, 0.05) is 27.2 Å². The molecular formula is C47H38BN3O. The standard InChI is InChI=1S/C47H38BN3O/c1-46(2,3)29-24-30(47(4,5)6)26-31(25-29)48-35-21-18-28-13-11-16-37-40(28)43(35)51(38-23-20-34-33-15-9-10-17-39(33)52-44(34)41(38)48)45-49-36-22-19-27-12-7-8-14-32(27)42(36)50(37)45/h7-26H,1-6H3. The minimum absolute atomic E-state index is 0.0244. The molecule has 0 fully saturated rings. The summed E-state index contributed by atoms with van der Waals surface area (Å²) in [6.07, 6.45) is 0. The van der Waals surface area contributed by atoms with Crippen molar-refractivity contribution in [2.45, 2.75) is 52.4 Å². The van der Waals surface area contributed by atoms with E-state index in [1.807, 2.05) is 0 Å². The summed E-state index contributed by atoms with van der Waals surface area (Å²) in [6.45, 7) is 13.9. The highest BCUT2D eigenvalue weighted by molar-refractivity contribution is 6.99. The van der Waals surface area contributed by atoms with E-state index in [-0.39, 0.29) is 17.5 Å². The summed E-state index contributed by atoms with van der Waals surface area (Å²) in [5, 5.41) is 7.17. The molecular weight excluding hydrogens is 633 g/mol. The molecule has 250 valence electrons. The van der Waals surface area contributed by atoms with E-state index in [1.165, 1.54) is 60.1 Å². The summed E-state index contributed by atoms with van der Waals surface area (Å²) in [7, 11) is 0. The second kappa shape index (κ2) is 9.95. The van der Waals surface area contributed by atoms with Gasteiger partial charge in [0.25, 0.3) is 6.71 Å². The number of rotatable bonds is 1. The molecule has 0 radical (unpaired) electrons. The molecule has 0 N–H and O–H groups in total. The molecule has 5 heteroatoms. The molecule has 0 bridgehead atoms. The van der Waals surface area contributed by atoms with Crippen molar-refractivity contribution in [3.8, 4) is 5.69 Å². The summed E-state index contributed by atoms with van der Waals surface area (Å²) in [5.74, 6) is 0.910. The highest BCUT2D eigenvalue weighted by Gasteiger charge is 2.38. The zero-order valence-corrected chi connectivity index (χ0v) is 30.4. The van der Waals surface area contributed by atoms with Gasteiger partial charge in [0.2, 0.25) is 5.78 Å². The van der Waals surface area contributed by atoms with Gasteiger partial charge >= 0.3 is 0 Å². The van der Waals surface area contributed by atoms with Gasteiger partial charge in [0.1, 0.15) is 11.2 Å². The fourth-order valence-corrected chi connectivity index (χ4v) is 9.01. The van der Waals surface area contributed by atoms with E-state index in [9.17, 15) is 0 Å². The molecule has 10 aromatic rings. The molecule has 0 saturated heterocycles. The van der Waals surface area contributed by atoms with Gasteiger partial charge in [-0.3, -0.25) is 8.97 Å². The lowest BCUT2D eigenvalue weighted by atomic mass is 9.35. The van der Waals surface area contributed by atoms with Gasteiger partial charge in [0.15, 0.2) is 0 Å². The third-order valence-corrected chi connectivity index (χ3v) is 11.6. The van der Waals surface area contributed by atoms with Crippen molar-refractivity contribution in [3.63, 3.8) is 0 Å². The largest absolute Gasteiger partial charge is 0.457 e. The minimum atomic E-state index is -0.0665. The molecule has 4 nitrogen and oxygen atoms in total. The molecule has 0 amide bonds. The Labute approximate surface area is 302 Å². The predicted octanol–water partition coefficient (Wildman–Crippen LogP) is 10.1. The number of fused-ring (bicyclic) bond motifs is 13. The molecule has 4 heterocycles. The number of benzene rings is 7. The number of furan rings is 1. The van der Waals surface area contributed by atoms with E-state index in [0.717, 1.165) is 44.4 Å². The van der Waals surface area contributed by atoms with Crippen LogP contribution in [0.5, 0.6) is 0 Å². The Hall–Kier alpha value is -5.81. The summed E-state index contributed by atoms with van der Waals surface area (Å²) in [4.78, 5) is 5.49. The van der Waals surface area contributed by atoms with Crippen molar-refractivity contribution in [2.24, 2.45) is 0 Å². The van der Waals surface area contributed by atoms with E-state index in [1.54, 1.807) is 0 Å². The van der Waals surface area contributed by atoms with Crippen LogP contribution in [-0.4, -0.2) is 20.7 Å². The van der Waals surface area contributed by atoms with Crippen LogP contribution >= 0.6 is 0 Å². The lowest BCUT2D eigenvalue weighted by molar-refractivity contribution is 0.569. The topological polar surface area (TPSA) is 35.4 Å². The van der Waals surface area contributed by atoms with E-state index < -0.39 is 0 Å². The van der Waals surface area contributed by atoms with Gasteiger partial charge in [-0.2, -0.15) is 0 Å². The van der Waals surface area contributed by atoms with Crippen molar-refractivity contribution in [3.05, 3.63) is 132 Å². The van der Waals surface area contributed by atoms with Crippen LogP contribution < -0.4 is 16.4 Å². The Morgan fingerprint density at radius 1 is 0.615 bits per heavy atom. The molecule has 1 aliphatic heterocycles. The van der Waals surface area contributed by atoms with Crippen molar-refractivity contribution >= 4 is 94.4 Å². The zero-order valence-electron chi connectivity index (χ0n) is 30.4. The quantitative estimate of drug-likeness (QED) is 0.163. The molecule has 0 aliphatic carbocycles. The van der Waals surface area contributed by atoms with Crippen LogP contribution in [0.3, 0.4) is 0 Å². The van der Waals surface area contributed by atoms with E-state index in [2.05, 4.69) is 172 Å². The molecule has 52 heavy (non-hydrogen) atoms. The molecule has 1 aliphatic rings. The minimum Gasteiger partial charge on any atom is -0.457 e. The first-order chi connectivity index (χ1) is 25.1. The summed E-state index contributed by atoms with van der Waals surface area (Å²) < 4.78 is 11.8. The van der Waals surface area contributed by atoms with Crippen molar-refractivity contribution < 1.29 is 4.42 Å². The molecule has 0 atom stereocenters. The molecule has 11 rings (SSSR count). The van der Waals surface area contributed by atoms with Gasteiger partial charge in [-0.15, -0.1) is 0 Å². The van der Waals surface area contributed by atoms with Crippen LogP contribution in [0.25, 0.3) is 77.0 Å². The van der Waals surface area contributed by atoms with Gasteiger partial charge < -0.3 is 4.42 Å². The van der Waals surface area contributed by atoms with Crippen LogP contribution in [0.2, 0.25) is 0 Å². The van der Waals surface area contributed by atoms with Gasteiger partial charge in [-0.25, -0.2) is 4.98 Å². The predicted molar refractivity (Wildman–Crippen MR) is 220 cm³/mol. The van der Waals surface area contributed by atoms with E-state index in [0.29, 0.717) is 0 Å². The van der Waals surface area contributed by atoms with E-state index >= 15 is 0 Å². The molecule has 7 aromatic carbocycles. The summed E-state index contributed by atoms with van der Waals surface area (Å²) >= 11 is 0. The number of imidazole rings is 1. The molecule has 3 aromatic heterocycles. The maximum Gasteiger partial charge on any atom is 0.251 e. The number of hydrogen-bond donors (Lipinski definition) is 0. The van der Waals surface area contributed by atoms with E-state index in [4.69, 9.17) is 9.40 Å². The Morgan fingerprint density at radius 2 is 1.33 bits per heavy atom. The van der Waals surface area contributed by atoms with Crippen LogP contribution in [-0.2, 0) is 10.8 Å². The van der Waals surface area contributed by atoms with Gasteiger partial charge in [0.05, 0.1) is 22.1 Å². The number of hydrogen-bond acceptors (Lipinski definition) is 2. The van der Waals surface area contributed by atoms with Crippen LogP contribution in [0.4, 0.5) is 0 Å².